The quantitative estimate of drug-likeness (QED) is 0.831. The van der Waals surface area contributed by atoms with E-state index in [0.29, 0.717) is 13.2 Å². The zero-order chi connectivity index (χ0) is 13.1. The van der Waals surface area contributed by atoms with Crippen molar-refractivity contribution >= 4 is 30.0 Å². The second kappa shape index (κ2) is 5.43. The molecule has 0 atom stereocenters. The summed E-state index contributed by atoms with van der Waals surface area (Å²) in [5.41, 5.74) is 10.4. The molecule has 0 aromatic heterocycles. The Hall–Kier alpha value is -1.84. The van der Waals surface area contributed by atoms with Crippen molar-refractivity contribution in [1.82, 2.24) is 0 Å². The highest BCUT2D eigenvalue weighted by Crippen LogP contribution is 2.12. The molecule has 94 valence electrons. The Labute approximate surface area is 114 Å². The first kappa shape index (κ1) is 12.2. The van der Waals surface area contributed by atoms with Crippen molar-refractivity contribution in [3.05, 3.63) is 59.7 Å². The van der Waals surface area contributed by atoms with Crippen molar-refractivity contribution in [2.45, 2.75) is 0 Å². The first-order valence-corrected chi connectivity index (χ1v) is 6.58. The van der Waals surface area contributed by atoms with Gasteiger partial charge in [0.1, 0.15) is 0 Å². The van der Waals surface area contributed by atoms with E-state index >= 15 is 0 Å². The summed E-state index contributed by atoms with van der Waals surface area (Å²) in [5.74, 6) is 0. The number of hydrogen-bond acceptors (Lipinski definition) is 2. The lowest BCUT2D eigenvalue weighted by Crippen LogP contribution is -2.47. The molecular weight excluding hydrogens is 233 g/mol. The number of nitrogens with two attached hydrogens (primary N) is 1. The zero-order valence-corrected chi connectivity index (χ0v) is 10.8. The molecular formula is C16H16BNO. The summed E-state index contributed by atoms with van der Waals surface area (Å²) in [6.45, 7) is 1.06. The third-order valence-electron chi connectivity index (χ3n) is 3.40. The predicted molar refractivity (Wildman–Crippen MR) is 81.8 cm³/mol. The first-order chi connectivity index (χ1) is 9.40. The van der Waals surface area contributed by atoms with E-state index < -0.39 is 0 Å². The van der Waals surface area contributed by atoms with E-state index in [0.717, 1.165) is 0 Å². The fourth-order valence-electron chi connectivity index (χ4n) is 2.52. The summed E-state index contributed by atoms with van der Waals surface area (Å²) in [4.78, 5) is 0. The number of fused-ring (bicyclic) bond motifs is 2. The summed E-state index contributed by atoms with van der Waals surface area (Å²) >= 11 is 0. The van der Waals surface area contributed by atoms with Gasteiger partial charge in [-0.1, -0.05) is 60.7 Å². The van der Waals surface area contributed by atoms with Gasteiger partial charge >= 0.3 is 6.92 Å². The van der Waals surface area contributed by atoms with Gasteiger partial charge in [-0.15, -0.1) is 0 Å². The number of benzene rings is 2. The normalized spacial score (nSPS) is 12.8. The van der Waals surface area contributed by atoms with Crippen molar-refractivity contribution in [1.29, 1.82) is 0 Å². The maximum atomic E-state index is 6.00. The molecule has 2 aromatic rings. The van der Waals surface area contributed by atoms with Gasteiger partial charge in [0.25, 0.3) is 0 Å². The van der Waals surface area contributed by atoms with Gasteiger partial charge in [0.2, 0.25) is 0 Å². The summed E-state index contributed by atoms with van der Waals surface area (Å²) in [6, 6.07) is 16.7. The highest BCUT2D eigenvalue weighted by molar-refractivity contribution is 6.81. The maximum Gasteiger partial charge on any atom is 0.362 e. The Bertz CT molecular complexity index is 560. The Balaban J connectivity index is 2.12. The topological polar surface area (TPSA) is 35.2 Å². The van der Waals surface area contributed by atoms with Crippen LogP contribution in [0.3, 0.4) is 0 Å². The smallest absolute Gasteiger partial charge is 0.362 e. The molecule has 0 aliphatic carbocycles. The van der Waals surface area contributed by atoms with Crippen LogP contribution in [0.15, 0.2) is 48.5 Å². The molecule has 1 heterocycles. The van der Waals surface area contributed by atoms with Crippen LogP contribution in [0.25, 0.3) is 12.2 Å². The van der Waals surface area contributed by atoms with E-state index in [2.05, 4.69) is 60.7 Å². The molecule has 1 aliphatic rings. The molecule has 0 radical (unpaired) electrons. The monoisotopic (exact) mass is 249 g/mol. The second-order valence-corrected chi connectivity index (χ2v) is 4.63. The van der Waals surface area contributed by atoms with E-state index in [1.54, 1.807) is 0 Å². The lowest BCUT2D eigenvalue weighted by Gasteiger charge is -2.17. The molecule has 19 heavy (non-hydrogen) atoms. The highest BCUT2D eigenvalue weighted by atomic mass is 16.4. The maximum absolute atomic E-state index is 6.00. The fraction of sp³-hybridized carbons (Fsp3) is 0.125. The van der Waals surface area contributed by atoms with Gasteiger partial charge in [-0.05, 0) is 22.1 Å². The molecule has 0 fully saturated rings. The SMILES string of the molecule is NCCOB1c2ccccc2C=Cc2ccccc21. The third kappa shape index (κ3) is 2.35. The van der Waals surface area contributed by atoms with Crippen LogP contribution in [0, 0.1) is 0 Å². The van der Waals surface area contributed by atoms with Crippen molar-refractivity contribution < 1.29 is 4.65 Å². The average molecular weight is 249 g/mol. The lowest BCUT2D eigenvalue weighted by molar-refractivity contribution is 0.344. The van der Waals surface area contributed by atoms with Crippen LogP contribution in [0.5, 0.6) is 0 Å². The summed E-state index contributed by atoms with van der Waals surface area (Å²) < 4.78 is 6.00. The van der Waals surface area contributed by atoms with Crippen LogP contribution in [0.2, 0.25) is 0 Å². The minimum Gasteiger partial charge on any atom is -0.426 e. The molecule has 0 saturated heterocycles. The number of hydrogen-bond donors (Lipinski definition) is 1. The van der Waals surface area contributed by atoms with E-state index in [4.69, 9.17) is 10.4 Å². The van der Waals surface area contributed by atoms with E-state index in [1.807, 2.05) is 0 Å². The minimum absolute atomic E-state index is 0.0362. The molecule has 2 nitrogen and oxygen atoms in total. The molecule has 2 N–H and O–H groups in total. The minimum atomic E-state index is -0.0362. The van der Waals surface area contributed by atoms with Crippen LogP contribution >= 0.6 is 0 Å². The first-order valence-electron chi connectivity index (χ1n) is 6.58. The van der Waals surface area contributed by atoms with Gasteiger partial charge in [0.15, 0.2) is 0 Å². The third-order valence-corrected chi connectivity index (χ3v) is 3.40. The van der Waals surface area contributed by atoms with Crippen LogP contribution in [-0.4, -0.2) is 20.1 Å². The molecule has 3 heteroatoms. The van der Waals surface area contributed by atoms with Crippen LogP contribution in [0.4, 0.5) is 0 Å². The molecule has 2 aromatic carbocycles. The van der Waals surface area contributed by atoms with E-state index in [-0.39, 0.29) is 6.92 Å². The molecule has 0 spiro atoms. The van der Waals surface area contributed by atoms with Crippen molar-refractivity contribution in [3.8, 4) is 0 Å². The standard InChI is InChI=1S/C16H16BNO/c18-11-12-19-17-15-7-3-1-5-13(15)9-10-14-6-2-4-8-16(14)17/h1-10H,11-12,18H2. The van der Waals surface area contributed by atoms with Crippen molar-refractivity contribution in [2.75, 3.05) is 13.2 Å². The molecule has 0 unspecified atom stereocenters. The Morgan fingerprint density at radius 3 is 1.89 bits per heavy atom. The van der Waals surface area contributed by atoms with Crippen LogP contribution in [-0.2, 0) is 4.65 Å². The average Bonchev–Trinajstić information content (AvgIpc) is 2.62. The molecule has 0 saturated carbocycles. The number of rotatable bonds is 3. The van der Waals surface area contributed by atoms with Gasteiger partial charge in [-0.2, -0.15) is 0 Å². The van der Waals surface area contributed by atoms with Gasteiger partial charge in [0.05, 0.1) is 0 Å². The Morgan fingerprint density at radius 1 is 0.842 bits per heavy atom. The van der Waals surface area contributed by atoms with Crippen molar-refractivity contribution in [3.63, 3.8) is 0 Å². The van der Waals surface area contributed by atoms with Gasteiger partial charge in [0, 0.05) is 13.2 Å². The molecule has 1 aliphatic heterocycles. The van der Waals surface area contributed by atoms with Gasteiger partial charge in [-0.3, -0.25) is 0 Å². The summed E-state index contributed by atoms with van der Waals surface area (Å²) in [6.07, 6.45) is 4.31. The van der Waals surface area contributed by atoms with Gasteiger partial charge < -0.3 is 10.4 Å². The lowest BCUT2D eigenvalue weighted by atomic mass is 9.53. The van der Waals surface area contributed by atoms with Crippen molar-refractivity contribution in [2.24, 2.45) is 5.73 Å². The zero-order valence-electron chi connectivity index (χ0n) is 10.8. The molecule has 0 bridgehead atoms. The molecule has 3 rings (SSSR count). The van der Waals surface area contributed by atoms with Crippen LogP contribution in [0.1, 0.15) is 11.1 Å². The Morgan fingerprint density at radius 2 is 1.37 bits per heavy atom. The fourth-order valence-corrected chi connectivity index (χ4v) is 2.52. The summed E-state index contributed by atoms with van der Waals surface area (Å²) in [5, 5.41) is 0. The second-order valence-electron chi connectivity index (χ2n) is 4.63. The largest absolute Gasteiger partial charge is 0.426 e. The van der Waals surface area contributed by atoms with Gasteiger partial charge in [-0.25, -0.2) is 0 Å². The predicted octanol–water partition coefficient (Wildman–Crippen LogP) is 1.25. The molecule has 0 amide bonds. The van der Waals surface area contributed by atoms with E-state index in [9.17, 15) is 0 Å². The summed E-state index contributed by atoms with van der Waals surface area (Å²) in [7, 11) is 0. The highest BCUT2D eigenvalue weighted by Gasteiger charge is 2.26. The van der Waals surface area contributed by atoms with E-state index in [1.165, 1.54) is 22.1 Å². The Kier molecular flexibility index (Phi) is 3.49. The van der Waals surface area contributed by atoms with Crippen LogP contribution < -0.4 is 16.7 Å².